The Kier molecular flexibility index (Phi) is 5.41. The largest absolute Gasteiger partial charge is 0.573 e. The number of halogens is 3. The van der Waals surface area contributed by atoms with Gasteiger partial charge in [0.05, 0.1) is 30.9 Å². The normalized spacial score (nSPS) is 18.9. The molecule has 3 aromatic carbocycles. The van der Waals surface area contributed by atoms with Crippen LogP contribution >= 0.6 is 0 Å². The highest BCUT2D eigenvalue weighted by Gasteiger charge is 2.63. The molecule has 2 aliphatic rings. The van der Waals surface area contributed by atoms with Gasteiger partial charge in [-0.3, -0.25) is 9.80 Å². The number of nitrogens with zero attached hydrogens (tertiary/aromatic N) is 3. The Balaban J connectivity index is 1.66. The van der Waals surface area contributed by atoms with Gasteiger partial charge in [0.15, 0.2) is 0 Å². The first-order chi connectivity index (χ1) is 16.7. The first-order valence-electron chi connectivity index (χ1n) is 10.9. The van der Waals surface area contributed by atoms with Crippen molar-refractivity contribution in [2.24, 2.45) is 0 Å². The zero-order valence-electron chi connectivity index (χ0n) is 18.6. The molecule has 5 rings (SSSR count). The average Bonchev–Trinajstić information content (AvgIpc) is 3.08. The van der Waals surface area contributed by atoms with E-state index in [2.05, 4.69) is 10.8 Å². The smallest absolute Gasteiger partial charge is 0.406 e. The molecule has 2 heterocycles. The van der Waals surface area contributed by atoms with Crippen LogP contribution in [0.5, 0.6) is 5.75 Å². The first kappa shape index (κ1) is 22.7. The number of hydrogen-bond donors (Lipinski definition) is 0. The highest BCUT2D eigenvalue weighted by atomic mass is 19.4. The number of aryl methyl sites for hydroxylation is 1. The number of rotatable bonds is 4. The summed E-state index contributed by atoms with van der Waals surface area (Å²) in [6.07, 6.45) is -4.84. The van der Waals surface area contributed by atoms with E-state index >= 15 is 0 Å². The summed E-state index contributed by atoms with van der Waals surface area (Å²) in [5.74, 6) is -0.362. The van der Waals surface area contributed by atoms with E-state index in [-0.39, 0.29) is 25.0 Å². The fourth-order valence-electron chi connectivity index (χ4n) is 4.73. The van der Waals surface area contributed by atoms with Crippen LogP contribution in [-0.4, -0.2) is 31.1 Å². The van der Waals surface area contributed by atoms with Crippen molar-refractivity contribution in [3.63, 3.8) is 0 Å². The van der Waals surface area contributed by atoms with E-state index < -0.39 is 17.9 Å². The topological polar surface area (TPSA) is 65.8 Å². The third-order valence-corrected chi connectivity index (χ3v) is 6.29. The lowest BCUT2D eigenvalue weighted by Crippen LogP contribution is -2.62. The third kappa shape index (κ3) is 3.96. The van der Waals surface area contributed by atoms with Gasteiger partial charge in [-0.05, 0) is 61.0 Å². The molecule has 6 nitrogen and oxygen atoms in total. The lowest BCUT2D eigenvalue weighted by molar-refractivity contribution is -0.274. The summed E-state index contributed by atoms with van der Waals surface area (Å²) in [5, 5.41) is 9.17. The van der Waals surface area contributed by atoms with Crippen molar-refractivity contribution in [2.45, 2.75) is 24.9 Å². The molecule has 0 aromatic heterocycles. The van der Waals surface area contributed by atoms with Gasteiger partial charge in [-0.25, -0.2) is 4.79 Å². The summed E-state index contributed by atoms with van der Waals surface area (Å²) in [7, 11) is 0. The first-order valence-corrected chi connectivity index (χ1v) is 10.9. The second kappa shape index (κ2) is 8.32. The van der Waals surface area contributed by atoms with E-state index in [1.807, 2.05) is 31.2 Å². The van der Waals surface area contributed by atoms with Crippen molar-refractivity contribution in [1.82, 2.24) is 0 Å². The Bertz CT molecular complexity index is 1300. The molecule has 35 heavy (non-hydrogen) atoms. The van der Waals surface area contributed by atoms with Crippen molar-refractivity contribution in [2.75, 3.05) is 23.0 Å². The zero-order valence-corrected chi connectivity index (χ0v) is 18.6. The Labute approximate surface area is 199 Å². The molecule has 1 atom stereocenters. The molecule has 2 saturated heterocycles. The molecule has 2 fully saturated rings. The summed E-state index contributed by atoms with van der Waals surface area (Å²) < 4.78 is 48.5. The third-order valence-electron chi connectivity index (χ3n) is 6.29. The van der Waals surface area contributed by atoms with Gasteiger partial charge >= 0.3 is 12.4 Å². The van der Waals surface area contributed by atoms with Crippen molar-refractivity contribution in [3.05, 3.63) is 89.5 Å². The summed E-state index contributed by atoms with van der Waals surface area (Å²) >= 11 is 0. The monoisotopic (exact) mass is 479 g/mol. The van der Waals surface area contributed by atoms with Crippen molar-refractivity contribution in [3.8, 4) is 11.8 Å². The Morgan fingerprint density at radius 1 is 1.03 bits per heavy atom. The predicted molar refractivity (Wildman–Crippen MR) is 122 cm³/mol. The highest BCUT2D eigenvalue weighted by Crippen LogP contribution is 2.51. The molecule has 0 aliphatic carbocycles. The molecule has 0 unspecified atom stereocenters. The highest BCUT2D eigenvalue weighted by molar-refractivity contribution is 6.09. The quantitative estimate of drug-likeness (QED) is 0.480. The zero-order chi connectivity index (χ0) is 24.8. The van der Waals surface area contributed by atoms with Crippen LogP contribution < -0.4 is 14.5 Å². The van der Waals surface area contributed by atoms with Crippen molar-refractivity contribution >= 4 is 17.4 Å². The average molecular weight is 479 g/mol. The maximum absolute atomic E-state index is 14.0. The Hall–Kier alpha value is -4.03. The molecular formula is C26H20F3N3O3. The maximum Gasteiger partial charge on any atom is 0.573 e. The molecule has 3 aromatic rings. The van der Waals surface area contributed by atoms with Crippen LogP contribution in [0.4, 0.5) is 29.3 Å². The van der Waals surface area contributed by atoms with Crippen LogP contribution in [0.3, 0.4) is 0 Å². The molecule has 0 N–H and O–H groups in total. The number of carbonyl (C=O) groups is 1. The summed E-state index contributed by atoms with van der Waals surface area (Å²) in [4.78, 5) is 17.2. The van der Waals surface area contributed by atoms with E-state index in [1.54, 1.807) is 40.1 Å². The van der Waals surface area contributed by atoms with E-state index in [4.69, 9.17) is 10.00 Å². The molecular weight excluding hydrogens is 459 g/mol. The number of hydrogen-bond acceptors (Lipinski definition) is 4. The molecule has 2 amide bonds. The molecule has 178 valence electrons. The number of urea groups is 1. The van der Waals surface area contributed by atoms with Crippen molar-refractivity contribution in [1.29, 1.82) is 5.26 Å². The molecule has 2 aliphatic heterocycles. The van der Waals surface area contributed by atoms with Crippen LogP contribution in [0.25, 0.3) is 0 Å². The minimum atomic E-state index is -4.84. The van der Waals surface area contributed by atoms with Crippen LogP contribution in [0.1, 0.15) is 22.7 Å². The lowest BCUT2D eigenvalue weighted by atomic mass is 9.82. The van der Waals surface area contributed by atoms with E-state index in [1.165, 1.54) is 18.2 Å². The van der Waals surface area contributed by atoms with Gasteiger partial charge in [-0.1, -0.05) is 29.8 Å². The van der Waals surface area contributed by atoms with Crippen LogP contribution in [-0.2, 0) is 4.74 Å². The number of nitriles is 1. The van der Waals surface area contributed by atoms with Gasteiger partial charge in [0.1, 0.15) is 11.3 Å². The van der Waals surface area contributed by atoms with Crippen LogP contribution in [0.2, 0.25) is 0 Å². The minimum Gasteiger partial charge on any atom is -0.406 e. The van der Waals surface area contributed by atoms with Gasteiger partial charge < -0.3 is 9.47 Å². The number of ether oxygens (including phenoxy) is 2. The van der Waals surface area contributed by atoms with E-state index in [0.717, 1.165) is 5.56 Å². The van der Waals surface area contributed by atoms with Gasteiger partial charge in [-0.2, -0.15) is 5.26 Å². The molecule has 0 radical (unpaired) electrons. The lowest BCUT2D eigenvalue weighted by Gasteiger charge is -2.47. The van der Waals surface area contributed by atoms with Gasteiger partial charge in [0.2, 0.25) is 0 Å². The maximum atomic E-state index is 14.0. The summed E-state index contributed by atoms with van der Waals surface area (Å²) in [5.41, 5.74) is 2.24. The number of anilines is 2. The van der Waals surface area contributed by atoms with Crippen molar-refractivity contribution < 1.29 is 27.4 Å². The molecule has 9 heteroatoms. The van der Waals surface area contributed by atoms with E-state index in [9.17, 15) is 18.0 Å². The second-order valence-corrected chi connectivity index (χ2v) is 8.60. The molecule has 0 bridgehead atoms. The SMILES string of the molecule is Cc1ccc(N2C(=O)N(c3ccc(C#N)cc3)C3(COC3)[C@@H]2c2cccc(OC(F)(F)F)c2)cc1. The Morgan fingerprint density at radius 3 is 2.26 bits per heavy atom. The number of alkyl halides is 3. The number of carbonyl (C=O) groups excluding carboxylic acids is 1. The molecule has 0 saturated carbocycles. The minimum absolute atomic E-state index is 0.191. The predicted octanol–water partition coefficient (Wildman–Crippen LogP) is 5.72. The summed E-state index contributed by atoms with van der Waals surface area (Å²) in [6.45, 7) is 2.31. The number of amides is 2. The summed E-state index contributed by atoms with van der Waals surface area (Å²) in [6, 6.07) is 20.8. The van der Waals surface area contributed by atoms with Crippen LogP contribution in [0.15, 0.2) is 72.8 Å². The Morgan fingerprint density at radius 2 is 1.69 bits per heavy atom. The fraction of sp³-hybridized carbons (Fsp3) is 0.231. The second-order valence-electron chi connectivity index (χ2n) is 8.60. The fourth-order valence-corrected chi connectivity index (χ4v) is 4.73. The molecule has 1 spiro atoms. The standard InChI is InChI=1S/C26H20F3N3O3/c1-17-5-9-20(10-6-17)31-23(19-3-2-4-22(13-19)35-26(27,28)29)25(15-34-16-25)32(24(31)33)21-11-7-18(14-30)8-12-21/h2-13,23H,15-16H2,1H3/t23-/m0/s1. The van der Waals surface area contributed by atoms with E-state index in [0.29, 0.717) is 22.5 Å². The van der Waals surface area contributed by atoms with Gasteiger partial charge in [0, 0.05) is 11.4 Å². The van der Waals surface area contributed by atoms with Gasteiger partial charge in [0.25, 0.3) is 0 Å². The van der Waals surface area contributed by atoms with Gasteiger partial charge in [-0.15, -0.1) is 13.2 Å². The van der Waals surface area contributed by atoms with Crippen LogP contribution in [0, 0.1) is 18.3 Å². The number of benzene rings is 3.